The maximum atomic E-state index is 13.6. The SMILES string of the molecule is O=[N+]([O-])c1cc(F)cc(F)c1NCc1ccc(Br)s1. The van der Waals surface area contributed by atoms with Gasteiger partial charge in [-0.1, -0.05) is 0 Å². The average molecular weight is 349 g/mol. The van der Waals surface area contributed by atoms with Crippen LogP contribution in [0.5, 0.6) is 0 Å². The minimum Gasteiger partial charge on any atom is -0.372 e. The Kier molecular flexibility index (Phi) is 4.11. The average Bonchev–Trinajstić information content (AvgIpc) is 2.73. The van der Waals surface area contributed by atoms with E-state index in [0.717, 1.165) is 8.66 Å². The third-order valence-corrected chi connectivity index (χ3v) is 3.92. The highest BCUT2D eigenvalue weighted by atomic mass is 79.9. The Hall–Kier alpha value is -1.54. The van der Waals surface area contributed by atoms with Crippen molar-refractivity contribution in [3.05, 3.63) is 54.7 Å². The summed E-state index contributed by atoms with van der Waals surface area (Å²) in [5, 5.41) is 13.4. The van der Waals surface area contributed by atoms with Crippen LogP contribution in [0.25, 0.3) is 0 Å². The van der Waals surface area contributed by atoms with Gasteiger partial charge in [-0.25, -0.2) is 8.78 Å². The summed E-state index contributed by atoms with van der Waals surface area (Å²) in [4.78, 5) is 10.8. The van der Waals surface area contributed by atoms with Gasteiger partial charge in [-0.05, 0) is 28.1 Å². The minimum absolute atomic E-state index is 0.222. The molecule has 1 heterocycles. The van der Waals surface area contributed by atoms with Gasteiger partial charge in [0, 0.05) is 17.5 Å². The van der Waals surface area contributed by atoms with Crippen LogP contribution in [0.1, 0.15) is 4.88 Å². The molecule has 2 rings (SSSR count). The summed E-state index contributed by atoms with van der Waals surface area (Å²) in [7, 11) is 0. The number of thiophene rings is 1. The lowest BCUT2D eigenvalue weighted by molar-refractivity contribution is -0.384. The van der Waals surface area contributed by atoms with Crippen LogP contribution >= 0.6 is 27.3 Å². The van der Waals surface area contributed by atoms with Crippen molar-refractivity contribution in [2.45, 2.75) is 6.54 Å². The van der Waals surface area contributed by atoms with Gasteiger partial charge < -0.3 is 5.32 Å². The first-order chi connectivity index (χ1) is 8.97. The van der Waals surface area contributed by atoms with Crippen molar-refractivity contribution in [3.8, 4) is 0 Å². The van der Waals surface area contributed by atoms with Crippen molar-refractivity contribution in [1.82, 2.24) is 0 Å². The topological polar surface area (TPSA) is 55.2 Å². The molecule has 0 atom stereocenters. The first-order valence-corrected chi connectivity index (χ1v) is 6.70. The summed E-state index contributed by atoms with van der Waals surface area (Å²) in [5.74, 6) is -1.96. The Balaban J connectivity index is 2.26. The second kappa shape index (κ2) is 5.62. The molecule has 0 spiro atoms. The Morgan fingerprint density at radius 1 is 1.37 bits per heavy atom. The molecule has 1 aromatic carbocycles. The summed E-state index contributed by atoms with van der Waals surface area (Å²) < 4.78 is 27.4. The first-order valence-electron chi connectivity index (χ1n) is 5.09. The third-order valence-electron chi connectivity index (χ3n) is 2.30. The number of hydrogen-bond donors (Lipinski definition) is 1. The fourth-order valence-corrected chi connectivity index (χ4v) is 2.92. The highest BCUT2D eigenvalue weighted by Gasteiger charge is 2.20. The van der Waals surface area contributed by atoms with E-state index in [-0.39, 0.29) is 12.2 Å². The molecule has 1 aromatic heterocycles. The van der Waals surface area contributed by atoms with E-state index in [2.05, 4.69) is 21.2 Å². The van der Waals surface area contributed by atoms with E-state index in [1.54, 1.807) is 6.07 Å². The lowest BCUT2D eigenvalue weighted by Gasteiger charge is -2.07. The lowest BCUT2D eigenvalue weighted by atomic mass is 10.2. The van der Waals surface area contributed by atoms with E-state index >= 15 is 0 Å². The van der Waals surface area contributed by atoms with Gasteiger partial charge in [0.05, 0.1) is 14.8 Å². The van der Waals surface area contributed by atoms with Crippen LogP contribution in [0.4, 0.5) is 20.2 Å². The molecule has 0 unspecified atom stereocenters. The van der Waals surface area contributed by atoms with Crippen molar-refractivity contribution >= 4 is 38.6 Å². The molecule has 0 saturated heterocycles. The second-order valence-corrected chi connectivity index (χ2v) is 6.15. The fraction of sp³-hybridized carbons (Fsp3) is 0.0909. The molecule has 0 saturated carbocycles. The fourth-order valence-electron chi connectivity index (χ4n) is 1.50. The molecule has 0 fully saturated rings. The van der Waals surface area contributed by atoms with E-state index in [0.29, 0.717) is 12.1 Å². The zero-order valence-corrected chi connectivity index (χ0v) is 11.7. The van der Waals surface area contributed by atoms with Crippen LogP contribution in [-0.2, 0) is 6.54 Å². The molecule has 8 heteroatoms. The lowest BCUT2D eigenvalue weighted by Crippen LogP contribution is -2.04. The van der Waals surface area contributed by atoms with Crippen LogP contribution in [0.3, 0.4) is 0 Å². The van der Waals surface area contributed by atoms with Gasteiger partial charge in [0.25, 0.3) is 5.69 Å². The van der Waals surface area contributed by atoms with Crippen molar-refractivity contribution in [1.29, 1.82) is 0 Å². The molecular formula is C11H7BrF2N2O2S. The minimum atomic E-state index is -0.984. The molecular weight excluding hydrogens is 342 g/mol. The van der Waals surface area contributed by atoms with Gasteiger partial charge >= 0.3 is 0 Å². The Labute approximate surface area is 119 Å². The van der Waals surface area contributed by atoms with E-state index < -0.39 is 22.2 Å². The van der Waals surface area contributed by atoms with Crippen molar-refractivity contribution in [2.24, 2.45) is 0 Å². The van der Waals surface area contributed by atoms with E-state index in [4.69, 9.17) is 0 Å². The number of rotatable bonds is 4. The molecule has 100 valence electrons. The summed E-state index contributed by atoms with van der Waals surface area (Å²) in [6.07, 6.45) is 0. The standard InChI is InChI=1S/C11H7BrF2N2O2S/c12-10-2-1-7(19-10)5-15-11-8(14)3-6(13)4-9(11)16(17)18/h1-4,15H,5H2. The van der Waals surface area contributed by atoms with Crippen LogP contribution in [0.15, 0.2) is 28.1 Å². The van der Waals surface area contributed by atoms with Gasteiger partial charge in [-0.3, -0.25) is 10.1 Å². The number of anilines is 1. The van der Waals surface area contributed by atoms with Crippen LogP contribution in [-0.4, -0.2) is 4.92 Å². The molecule has 19 heavy (non-hydrogen) atoms. The first kappa shape index (κ1) is 13.9. The normalized spacial score (nSPS) is 10.5. The number of hydrogen-bond acceptors (Lipinski definition) is 4. The van der Waals surface area contributed by atoms with E-state index in [1.807, 2.05) is 6.07 Å². The maximum absolute atomic E-state index is 13.6. The quantitative estimate of drug-likeness (QED) is 0.661. The maximum Gasteiger partial charge on any atom is 0.298 e. The number of benzene rings is 1. The number of nitrogens with one attached hydrogen (secondary N) is 1. The third kappa shape index (κ3) is 3.27. The van der Waals surface area contributed by atoms with E-state index in [1.165, 1.54) is 11.3 Å². The van der Waals surface area contributed by atoms with Gasteiger partial charge in [-0.2, -0.15) is 0 Å². The number of nitrogens with zero attached hydrogens (tertiary/aromatic N) is 1. The molecule has 0 aliphatic heterocycles. The van der Waals surface area contributed by atoms with Crippen LogP contribution in [0.2, 0.25) is 0 Å². The summed E-state index contributed by atoms with van der Waals surface area (Å²) >= 11 is 4.70. The Bertz CT molecular complexity index is 633. The summed E-state index contributed by atoms with van der Waals surface area (Å²) in [5.41, 5.74) is -0.927. The van der Waals surface area contributed by atoms with Gasteiger partial charge in [-0.15, -0.1) is 11.3 Å². The molecule has 1 N–H and O–H groups in total. The number of halogens is 3. The molecule has 0 amide bonds. The summed E-state index contributed by atoms with van der Waals surface area (Å²) in [6.45, 7) is 0.222. The van der Waals surface area contributed by atoms with Crippen LogP contribution < -0.4 is 5.32 Å². The molecule has 0 radical (unpaired) electrons. The zero-order chi connectivity index (χ0) is 14.0. The Morgan fingerprint density at radius 2 is 2.11 bits per heavy atom. The summed E-state index contributed by atoms with van der Waals surface area (Å²) in [6, 6.07) is 4.92. The number of nitro benzene ring substituents is 1. The highest BCUT2D eigenvalue weighted by Crippen LogP contribution is 2.30. The molecule has 0 bridgehead atoms. The Morgan fingerprint density at radius 3 is 2.68 bits per heavy atom. The second-order valence-electron chi connectivity index (χ2n) is 3.60. The molecule has 4 nitrogen and oxygen atoms in total. The highest BCUT2D eigenvalue weighted by molar-refractivity contribution is 9.11. The van der Waals surface area contributed by atoms with Crippen molar-refractivity contribution < 1.29 is 13.7 Å². The van der Waals surface area contributed by atoms with Gasteiger partial charge in [0.15, 0.2) is 5.82 Å². The van der Waals surface area contributed by atoms with Crippen molar-refractivity contribution in [3.63, 3.8) is 0 Å². The number of nitro groups is 1. The monoisotopic (exact) mass is 348 g/mol. The largest absolute Gasteiger partial charge is 0.372 e. The van der Waals surface area contributed by atoms with Crippen LogP contribution in [0, 0.1) is 21.7 Å². The predicted molar refractivity (Wildman–Crippen MR) is 72.4 cm³/mol. The van der Waals surface area contributed by atoms with Gasteiger partial charge in [0.2, 0.25) is 0 Å². The smallest absolute Gasteiger partial charge is 0.298 e. The predicted octanol–water partition coefficient (Wildman–Crippen LogP) is 4.31. The van der Waals surface area contributed by atoms with E-state index in [9.17, 15) is 18.9 Å². The zero-order valence-electron chi connectivity index (χ0n) is 9.32. The molecule has 0 aliphatic carbocycles. The molecule has 0 aliphatic rings. The molecule has 2 aromatic rings. The van der Waals surface area contributed by atoms with Gasteiger partial charge in [0.1, 0.15) is 11.5 Å². The van der Waals surface area contributed by atoms with Crippen molar-refractivity contribution in [2.75, 3.05) is 5.32 Å².